The van der Waals surface area contributed by atoms with Gasteiger partial charge in [0.05, 0.1) is 17.7 Å². The molecule has 3 heterocycles. The molecule has 0 saturated carbocycles. The average molecular weight is 522 g/mol. The van der Waals surface area contributed by atoms with Gasteiger partial charge in [-0.2, -0.15) is 18.2 Å². The van der Waals surface area contributed by atoms with Crippen LogP contribution in [-0.4, -0.2) is 58.0 Å². The first-order chi connectivity index (χ1) is 17.3. The number of nitrogens with one attached hydrogen (secondary N) is 1. The van der Waals surface area contributed by atoms with Crippen molar-refractivity contribution < 1.29 is 32.6 Å². The molecule has 200 valence electrons. The van der Waals surface area contributed by atoms with Gasteiger partial charge in [-0.1, -0.05) is 13.8 Å². The molecule has 0 bridgehead atoms. The summed E-state index contributed by atoms with van der Waals surface area (Å²) in [6, 6.07) is 5.59. The number of aromatic nitrogens is 2. The number of ether oxygens (including phenoxy) is 1. The number of hydrogen-bond acceptors (Lipinski definition) is 7. The Hall–Kier alpha value is -3.54. The van der Waals surface area contributed by atoms with E-state index in [1.807, 2.05) is 6.92 Å². The predicted octanol–water partition coefficient (Wildman–Crippen LogP) is 4.34. The Bertz CT molecular complexity index is 1170. The van der Waals surface area contributed by atoms with Crippen molar-refractivity contribution in [3.05, 3.63) is 41.6 Å². The number of amides is 1. The zero-order valence-electron chi connectivity index (χ0n) is 21.0. The largest absolute Gasteiger partial charge is 0.468 e. The summed E-state index contributed by atoms with van der Waals surface area (Å²) in [6.07, 6.45) is -3.19. The van der Waals surface area contributed by atoms with Crippen molar-refractivity contribution in [2.75, 3.05) is 23.4 Å². The van der Waals surface area contributed by atoms with Gasteiger partial charge in [0.1, 0.15) is 17.5 Å². The number of aliphatic imine (C=N–C) groups is 1. The lowest BCUT2D eigenvalue weighted by molar-refractivity contribution is -0.154. The van der Waals surface area contributed by atoms with E-state index in [1.54, 1.807) is 37.1 Å². The number of hydrogen-bond donors (Lipinski definition) is 2. The molecule has 2 aromatic heterocycles. The number of piperidine rings is 1. The molecule has 0 radical (unpaired) electrons. The topological polar surface area (TPSA) is 117 Å². The summed E-state index contributed by atoms with van der Waals surface area (Å²) in [7, 11) is 0. The summed E-state index contributed by atoms with van der Waals surface area (Å²) in [5.41, 5.74) is 0.933. The Morgan fingerprint density at radius 2 is 2.00 bits per heavy atom. The fraction of sp³-hybridized carbons (Fsp3) is 0.480. The Kier molecular flexibility index (Phi) is 8.85. The minimum Gasteiger partial charge on any atom is -0.468 e. The minimum absolute atomic E-state index is 0.115. The quantitative estimate of drug-likeness (QED) is 0.497. The summed E-state index contributed by atoms with van der Waals surface area (Å²) < 4.78 is 42.8. The number of carbonyl (C=O) groups is 2. The Labute approximate surface area is 212 Å². The molecular weight excluding hydrogens is 491 g/mol. The van der Waals surface area contributed by atoms with Crippen molar-refractivity contribution in [3.8, 4) is 5.88 Å². The lowest BCUT2D eigenvalue weighted by Crippen LogP contribution is -2.42. The number of halogens is 3. The van der Waals surface area contributed by atoms with Crippen LogP contribution in [0, 0.1) is 5.92 Å². The molecule has 3 rings (SSSR count). The summed E-state index contributed by atoms with van der Waals surface area (Å²) in [5.74, 6) is -0.110. The van der Waals surface area contributed by atoms with Crippen LogP contribution < -0.4 is 15.0 Å². The summed E-state index contributed by atoms with van der Waals surface area (Å²) in [6.45, 7) is 5.41. The lowest BCUT2D eigenvalue weighted by atomic mass is 10.0. The third kappa shape index (κ3) is 7.72. The van der Waals surface area contributed by atoms with E-state index in [4.69, 9.17) is 9.73 Å². The Balaban J connectivity index is 1.95. The first kappa shape index (κ1) is 28.0. The summed E-state index contributed by atoms with van der Waals surface area (Å²) in [4.78, 5) is 39.1. The monoisotopic (exact) mass is 521 g/mol. The highest BCUT2D eigenvalue weighted by molar-refractivity contribution is 6.05. The normalized spacial score (nSPS) is 18.1. The van der Waals surface area contributed by atoms with Crippen LogP contribution in [0.3, 0.4) is 0 Å². The Morgan fingerprint density at radius 3 is 2.65 bits per heavy atom. The second-order valence-electron chi connectivity index (χ2n) is 9.12. The molecule has 12 heteroatoms. The highest BCUT2D eigenvalue weighted by Gasteiger charge is 2.31. The number of pyridine rings is 2. The molecule has 1 saturated heterocycles. The zero-order chi connectivity index (χ0) is 27.3. The van der Waals surface area contributed by atoms with E-state index in [1.165, 1.54) is 19.1 Å². The van der Waals surface area contributed by atoms with E-state index in [0.29, 0.717) is 18.1 Å². The van der Waals surface area contributed by atoms with Crippen LogP contribution in [0.1, 0.15) is 62.5 Å². The second kappa shape index (κ2) is 11.7. The molecule has 37 heavy (non-hydrogen) atoms. The number of nitrogens with zero attached hydrogens (tertiary/aromatic N) is 4. The maximum absolute atomic E-state index is 12.7. The van der Waals surface area contributed by atoms with E-state index in [9.17, 15) is 27.9 Å². The van der Waals surface area contributed by atoms with Gasteiger partial charge in [0.15, 0.2) is 12.4 Å². The molecule has 1 aliphatic heterocycles. The van der Waals surface area contributed by atoms with Gasteiger partial charge in [-0.3, -0.25) is 14.6 Å². The van der Waals surface area contributed by atoms with Gasteiger partial charge < -0.3 is 20.1 Å². The van der Waals surface area contributed by atoms with Crippen molar-refractivity contribution in [2.45, 2.75) is 58.9 Å². The summed E-state index contributed by atoms with van der Waals surface area (Å²) in [5, 5.41) is 13.1. The number of alkyl halides is 3. The van der Waals surface area contributed by atoms with E-state index in [-0.39, 0.29) is 47.8 Å². The highest BCUT2D eigenvalue weighted by Crippen LogP contribution is 2.29. The van der Waals surface area contributed by atoms with E-state index in [2.05, 4.69) is 15.3 Å². The number of amidine groups is 1. The number of carbonyl (C=O) groups excluding carboxylic acids is 2. The molecule has 9 nitrogen and oxygen atoms in total. The molecule has 1 amide bonds. The van der Waals surface area contributed by atoms with Gasteiger partial charge in [-0.15, -0.1) is 0 Å². The van der Waals surface area contributed by atoms with Crippen LogP contribution in [0.4, 0.5) is 24.8 Å². The molecule has 0 aromatic carbocycles. The number of Topliss-reactive ketones (excluding diaryl/α,β-unsaturated/α-hetero) is 1. The third-order valence-corrected chi connectivity index (χ3v) is 5.67. The van der Waals surface area contributed by atoms with Crippen LogP contribution in [0.15, 0.2) is 35.5 Å². The molecule has 2 atom stereocenters. The Morgan fingerprint density at radius 1 is 1.27 bits per heavy atom. The van der Waals surface area contributed by atoms with Crippen molar-refractivity contribution in [1.29, 1.82) is 0 Å². The standard InChI is InChI=1S/C25H30F3N5O4/c1-14(2)24(36)31-20-11-17(7-9-29-20)15(3)30-21-12-18(35)8-10-33(21)23-19(16(4)34)5-6-22(32-23)37-13-25(26,27)28/h5-7,9,11,14-15,18,35H,8,10,12-13H2,1-4H3,(H,29,31,36). The fourth-order valence-electron chi connectivity index (χ4n) is 3.67. The van der Waals surface area contributed by atoms with Gasteiger partial charge in [-0.05, 0) is 44.0 Å². The number of rotatable bonds is 8. The van der Waals surface area contributed by atoms with E-state index >= 15 is 0 Å². The molecule has 0 spiro atoms. The molecule has 2 unspecified atom stereocenters. The van der Waals surface area contributed by atoms with Crippen molar-refractivity contribution in [2.24, 2.45) is 10.9 Å². The van der Waals surface area contributed by atoms with Crippen molar-refractivity contribution >= 4 is 29.2 Å². The molecule has 1 aliphatic rings. The van der Waals surface area contributed by atoms with Gasteiger partial charge in [-0.25, -0.2) is 4.98 Å². The first-order valence-corrected chi connectivity index (χ1v) is 11.8. The molecule has 0 aliphatic carbocycles. The maximum Gasteiger partial charge on any atom is 0.422 e. The molecule has 2 N–H and O–H groups in total. The van der Waals surface area contributed by atoms with Crippen LogP contribution in [0.2, 0.25) is 0 Å². The van der Waals surface area contributed by atoms with Gasteiger partial charge >= 0.3 is 6.18 Å². The zero-order valence-corrected chi connectivity index (χ0v) is 21.0. The first-order valence-electron chi connectivity index (χ1n) is 11.8. The smallest absolute Gasteiger partial charge is 0.422 e. The number of aliphatic hydroxyl groups is 1. The van der Waals surface area contributed by atoms with Crippen molar-refractivity contribution in [3.63, 3.8) is 0 Å². The lowest BCUT2D eigenvalue weighted by Gasteiger charge is -2.33. The van der Waals surface area contributed by atoms with Crippen molar-refractivity contribution in [1.82, 2.24) is 9.97 Å². The maximum atomic E-state index is 12.7. The third-order valence-electron chi connectivity index (χ3n) is 5.67. The number of aliphatic hydroxyl groups excluding tert-OH is 1. The predicted molar refractivity (Wildman–Crippen MR) is 132 cm³/mol. The van der Waals surface area contributed by atoms with Gasteiger partial charge in [0.25, 0.3) is 0 Å². The van der Waals surface area contributed by atoms with Crippen LogP contribution in [0.5, 0.6) is 5.88 Å². The second-order valence-corrected chi connectivity index (χ2v) is 9.12. The highest BCUT2D eigenvalue weighted by atomic mass is 19.4. The van der Waals surface area contributed by atoms with Crippen LogP contribution in [0.25, 0.3) is 0 Å². The van der Waals surface area contributed by atoms with E-state index < -0.39 is 24.9 Å². The van der Waals surface area contributed by atoms with E-state index in [0.717, 1.165) is 5.56 Å². The molecular formula is C25H30F3N5O4. The SMILES string of the molecule is CC(=O)c1ccc(OCC(F)(F)F)nc1N1CCC(O)CC1=NC(C)c1ccnc(NC(=O)C(C)C)c1. The fourth-order valence-corrected chi connectivity index (χ4v) is 3.67. The van der Waals surface area contributed by atoms with Crippen LogP contribution >= 0.6 is 0 Å². The minimum atomic E-state index is -4.55. The van der Waals surface area contributed by atoms with Gasteiger partial charge in [0, 0.05) is 31.1 Å². The van der Waals surface area contributed by atoms with Gasteiger partial charge in [0.2, 0.25) is 11.8 Å². The molecule has 1 fully saturated rings. The number of anilines is 2. The number of ketones is 1. The summed E-state index contributed by atoms with van der Waals surface area (Å²) >= 11 is 0. The average Bonchev–Trinajstić information content (AvgIpc) is 2.82. The van der Waals surface area contributed by atoms with Crippen LogP contribution in [-0.2, 0) is 4.79 Å². The molecule has 2 aromatic rings.